The minimum atomic E-state index is -1.14. The molecule has 2 amide bonds. The van der Waals surface area contributed by atoms with Gasteiger partial charge in [-0.15, -0.1) is 0 Å². The van der Waals surface area contributed by atoms with Gasteiger partial charge in [0.25, 0.3) is 0 Å². The molecule has 0 saturated carbocycles. The maximum Gasteiger partial charge on any atom is 0.325 e. The molecule has 0 fully saturated rings. The van der Waals surface area contributed by atoms with Crippen molar-refractivity contribution in [1.29, 1.82) is 0 Å². The molecule has 0 aromatic carbocycles. The van der Waals surface area contributed by atoms with Crippen LogP contribution in [-0.4, -0.2) is 41.5 Å². The largest absolute Gasteiger partial charge is 0.480 e. The van der Waals surface area contributed by atoms with Crippen molar-refractivity contribution >= 4 is 17.8 Å². The van der Waals surface area contributed by atoms with Crippen molar-refractivity contribution in [2.24, 2.45) is 11.7 Å². The van der Waals surface area contributed by atoms with Gasteiger partial charge in [-0.2, -0.15) is 0 Å². The molecule has 0 unspecified atom stereocenters. The highest BCUT2D eigenvalue weighted by molar-refractivity contribution is 5.89. The number of carboxylic acids is 1. The van der Waals surface area contributed by atoms with Crippen molar-refractivity contribution in [3.05, 3.63) is 0 Å². The number of rotatable bonds is 6. The van der Waals surface area contributed by atoms with Gasteiger partial charge < -0.3 is 21.5 Å². The summed E-state index contributed by atoms with van der Waals surface area (Å²) < 4.78 is 0. The molecule has 98 valence electrons. The van der Waals surface area contributed by atoms with E-state index < -0.39 is 29.9 Å². The predicted octanol–water partition coefficient (Wildman–Crippen LogP) is -1.32. The number of carboxylic acid groups (broad SMARTS) is 1. The first-order chi connectivity index (χ1) is 7.75. The third-order valence-electron chi connectivity index (χ3n) is 2.19. The highest BCUT2D eigenvalue weighted by Gasteiger charge is 2.19. The molecule has 0 aliphatic rings. The number of carbonyl (C=O) groups excluding carboxylic acids is 2. The van der Waals surface area contributed by atoms with Crippen LogP contribution >= 0.6 is 0 Å². The average Bonchev–Trinajstić information content (AvgIpc) is 2.24. The van der Waals surface area contributed by atoms with Crippen LogP contribution in [0.2, 0.25) is 0 Å². The summed E-state index contributed by atoms with van der Waals surface area (Å²) in [5, 5.41) is 13.1. The molecule has 0 spiro atoms. The lowest BCUT2D eigenvalue weighted by Crippen LogP contribution is -2.49. The Kier molecular flexibility index (Phi) is 6.19. The highest BCUT2D eigenvalue weighted by atomic mass is 16.4. The molecule has 0 heterocycles. The van der Waals surface area contributed by atoms with Crippen LogP contribution in [-0.2, 0) is 14.4 Å². The molecule has 7 nitrogen and oxygen atoms in total. The Morgan fingerprint density at radius 3 is 2.18 bits per heavy atom. The summed E-state index contributed by atoms with van der Waals surface area (Å²) in [4.78, 5) is 33.0. The molecule has 0 aliphatic heterocycles. The summed E-state index contributed by atoms with van der Waals surface area (Å²) in [6, 6.07) is -1.67. The van der Waals surface area contributed by atoms with Crippen molar-refractivity contribution in [1.82, 2.24) is 10.6 Å². The summed E-state index contributed by atoms with van der Waals surface area (Å²) in [6.07, 6.45) is 0. The fourth-order valence-corrected chi connectivity index (χ4v) is 0.942. The quantitative estimate of drug-likeness (QED) is 0.462. The van der Waals surface area contributed by atoms with Crippen molar-refractivity contribution in [3.8, 4) is 0 Å². The van der Waals surface area contributed by atoms with E-state index in [-0.39, 0.29) is 12.5 Å². The van der Waals surface area contributed by atoms with E-state index in [1.165, 1.54) is 6.92 Å². The fourth-order valence-electron chi connectivity index (χ4n) is 0.942. The van der Waals surface area contributed by atoms with E-state index in [1.807, 2.05) is 0 Å². The van der Waals surface area contributed by atoms with Crippen LogP contribution in [0.25, 0.3) is 0 Å². The summed E-state index contributed by atoms with van der Waals surface area (Å²) in [5.41, 5.74) is 5.56. The molecule has 7 heteroatoms. The first-order valence-electron chi connectivity index (χ1n) is 5.31. The van der Waals surface area contributed by atoms with Crippen LogP contribution in [0.3, 0.4) is 0 Å². The number of nitrogens with two attached hydrogens (primary N) is 1. The minimum Gasteiger partial charge on any atom is -0.480 e. The summed E-state index contributed by atoms with van der Waals surface area (Å²) in [5.74, 6) is -2.16. The smallest absolute Gasteiger partial charge is 0.325 e. The molecule has 0 saturated heterocycles. The van der Waals surface area contributed by atoms with Gasteiger partial charge in [0, 0.05) is 0 Å². The first-order valence-corrected chi connectivity index (χ1v) is 5.31. The Labute approximate surface area is 99.7 Å². The van der Waals surface area contributed by atoms with E-state index in [2.05, 4.69) is 10.6 Å². The molecule has 0 radical (unpaired) electrons. The standard InChI is InChI=1S/C10H19N3O4/c1-5(2)8(11)9(15)12-4-7(14)13-6(3)10(16)17/h5-6,8H,4,11H2,1-3H3,(H,12,15)(H,13,14)(H,16,17)/t6-,8+/m1/s1. The normalized spacial score (nSPS) is 13.9. The van der Waals surface area contributed by atoms with E-state index >= 15 is 0 Å². The van der Waals surface area contributed by atoms with Gasteiger partial charge in [0.2, 0.25) is 11.8 Å². The van der Waals surface area contributed by atoms with Crippen molar-refractivity contribution < 1.29 is 19.5 Å². The molecule has 5 N–H and O–H groups in total. The van der Waals surface area contributed by atoms with Gasteiger partial charge in [0.15, 0.2) is 0 Å². The van der Waals surface area contributed by atoms with E-state index in [0.717, 1.165) is 0 Å². The third-order valence-corrected chi connectivity index (χ3v) is 2.19. The second-order valence-corrected chi connectivity index (χ2v) is 4.12. The lowest BCUT2D eigenvalue weighted by atomic mass is 10.1. The van der Waals surface area contributed by atoms with Gasteiger partial charge in [0.05, 0.1) is 12.6 Å². The maximum atomic E-state index is 11.4. The maximum absolute atomic E-state index is 11.4. The van der Waals surface area contributed by atoms with Crippen LogP contribution in [0.4, 0.5) is 0 Å². The summed E-state index contributed by atoms with van der Waals surface area (Å²) >= 11 is 0. The Balaban J connectivity index is 4.00. The topological polar surface area (TPSA) is 122 Å². The minimum absolute atomic E-state index is 0.0315. The first kappa shape index (κ1) is 15.4. The van der Waals surface area contributed by atoms with Gasteiger partial charge in [-0.05, 0) is 12.8 Å². The lowest BCUT2D eigenvalue weighted by Gasteiger charge is -2.15. The van der Waals surface area contributed by atoms with Gasteiger partial charge in [0.1, 0.15) is 6.04 Å². The van der Waals surface area contributed by atoms with Crippen LogP contribution in [0.5, 0.6) is 0 Å². The van der Waals surface area contributed by atoms with Gasteiger partial charge in [-0.3, -0.25) is 14.4 Å². The molecule has 0 aliphatic carbocycles. The molecule has 0 aromatic heterocycles. The van der Waals surface area contributed by atoms with E-state index in [1.54, 1.807) is 13.8 Å². The second kappa shape index (κ2) is 6.85. The van der Waals surface area contributed by atoms with Gasteiger partial charge >= 0.3 is 5.97 Å². The molecule has 2 atom stereocenters. The number of hydrogen-bond acceptors (Lipinski definition) is 4. The number of carbonyl (C=O) groups is 3. The Hall–Kier alpha value is -1.63. The molecule has 0 rings (SSSR count). The van der Waals surface area contributed by atoms with Crippen molar-refractivity contribution in [3.63, 3.8) is 0 Å². The van der Waals surface area contributed by atoms with Crippen LogP contribution < -0.4 is 16.4 Å². The van der Waals surface area contributed by atoms with Crippen LogP contribution in [0.1, 0.15) is 20.8 Å². The van der Waals surface area contributed by atoms with E-state index in [4.69, 9.17) is 10.8 Å². The predicted molar refractivity (Wildman–Crippen MR) is 61.1 cm³/mol. The lowest BCUT2D eigenvalue weighted by molar-refractivity contribution is -0.141. The highest BCUT2D eigenvalue weighted by Crippen LogP contribution is 1.97. The molecular formula is C10H19N3O4. The number of hydrogen-bond donors (Lipinski definition) is 4. The second-order valence-electron chi connectivity index (χ2n) is 4.12. The third kappa shape index (κ3) is 5.86. The Morgan fingerprint density at radius 2 is 1.76 bits per heavy atom. The SMILES string of the molecule is CC(C)[C@H](N)C(=O)NCC(=O)N[C@H](C)C(=O)O. The summed E-state index contributed by atoms with van der Waals surface area (Å²) in [7, 11) is 0. The van der Waals surface area contributed by atoms with Crippen molar-refractivity contribution in [2.45, 2.75) is 32.9 Å². The molecular weight excluding hydrogens is 226 g/mol. The van der Waals surface area contributed by atoms with Gasteiger partial charge in [-0.1, -0.05) is 13.8 Å². The fraction of sp³-hybridized carbons (Fsp3) is 0.700. The zero-order valence-electron chi connectivity index (χ0n) is 10.2. The van der Waals surface area contributed by atoms with Crippen LogP contribution in [0.15, 0.2) is 0 Å². The number of amides is 2. The molecule has 17 heavy (non-hydrogen) atoms. The molecule has 0 aromatic rings. The Bertz CT molecular complexity index is 304. The van der Waals surface area contributed by atoms with E-state index in [0.29, 0.717) is 0 Å². The zero-order valence-corrected chi connectivity index (χ0v) is 10.2. The molecule has 0 bridgehead atoms. The van der Waals surface area contributed by atoms with E-state index in [9.17, 15) is 14.4 Å². The monoisotopic (exact) mass is 245 g/mol. The average molecular weight is 245 g/mol. The van der Waals surface area contributed by atoms with Crippen molar-refractivity contribution in [2.75, 3.05) is 6.54 Å². The number of aliphatic carboxylic acids is 1. The van der Waals surface area contributed by atoms with Crippen LogP contribution in [0, 0.1) is 5.92 Å². The summed E-state index contributed by atoms with van der Waals surface area (Å²) in [6.45, 7) is 4.63. The Morgan fingerprint density at radius 1 is 1.24 bits per heavy atom. The zero-order chi connectivity index (χ0) is 13.6. The number of nitrogens with one attached hydrogen (secondary N) is 2. The van der Waals surface area contributed by atoms with Gasteiger partial charge in [-0.25, -0.2) is 0 Å².